The fourth-order valence-electron chi connectivity index (χ4n) is 4.74. The number of fused-ring (bicyclic) bond motifs is 2. The molecule has 3 rings (SSSR count). The summed E-state index contributed by atoms with van der Waals surface area (Å²) in [6.45, 7) is 11.6. The lowest BCUT2D eigenvalue weighted by Crippen LogP contribution is -2.50. The van der Waals surface area contributed by atoms with Gasteiger partial charge in [0.2, 0.25) is 0 Å². The van der Waals surface area contributed by atoms with Crippen LogP contribution in [0.5, 0.6) is 0 Å². The standard InChI is InChI=1S/C17H27NO/c1-11-6-7-14(19-11)12(2)18-15-16(3,4)13-8-9-17(15,5)10-13/h6-7,12-13,15,18H,8-10H2,1-5H3. The summed E-state index contributed by atoms with van der Waals surface area (Å²) in [7, 11) is 0. The first-order chi connectivity index (χ1) is 8.83. The highest BCUT2D eigenvalue weighted by Crippen LogP contribution is 2.62. The van der Waals surface area contributed by atoms with Crippen molar-refractivity contribution in [1.29, 1.82) is 0 Å². The van der Waals surface area contributed by atoms with Crippen LogP contribution in [0.3, 0.4) is 0 Å². The van der Waals surface area contributed by atoms with E-state index >= 15 is 0 Å². The highest BCUT2D eigenvalue weighted by atomic mass is 16.3. The molecule has 2 aliphatic rings. The zero-order chi connectivity index (χ0) is 13.8. The first-order valence-electron chi connectivity index (χ1n) is 7.65. The van der Waals surface area contributed by atoms with Crippen LogP contribution in [-0.4, -0.2) is 6.04 Å². The molecule has 4 unspecified atom stereocenters. The maximum Gasteiger partial charge on any atom is 0.120 e. The molecule has 2 aliphatic carbocycles. The number of hydrogen-bond donors (Lipinski definition) is 1. The Morgan fingerprint density at radius 2 is 2.05 bits per heavy atom. The van der Waals surface area contributed by atoms with Gasteiger partial charge in [0.1, 0.15) is 11.5 Å². The Kier molecular flexibility index (Phi) is 2.87. The minimum absolute atomic E-state index is 0.300. The molecule has 0 aliphatic heterocycles. The molecule has 0 radical (unpaired) electrons. The highest BCUT2D eigenvalue weighted by Gasteiger charge is 2.59. The molecule has 2 fully saturated rings. The Bertz CT molecular complexity index is 471. The first-order valence-corrected chi connectivity index (χ1v) is 7.65. The van der Waals surface area contributed by atoms with Gasteiger partial charge < -0.3 is 9.73 Å². The quantitative estimate of drug-likeness (QED) is 0.869. The maximum atomic E-state index is 5.77. The van der Waals surface area contributed by atoms with Gasteiger partial charge in [-0.15, -0.1) is 0 Å². The van der Waals surface area contributed by atoms with Crippen molar-refractivity contribution in [2.75, 3.05) is 0 Å². The van der Waals surface area contributed by atoms with Gasteiger partial charge in [0.25, 0.3) is 0 Å². The van der Waals surface area contributed by atoms with E-state index in [4.69, 9.17) is 4.42 Å². The van der Waals surface area contributed by atoms with Gasteiger partial charge >= 0.3 is 0 Å². The van der Waals surface area contributed by atoms with Crippen LogP contribution in [0, 0.1) is 23.7 Å². The summed E-state index contributed by atoms with van der Waals surface area (Å²) in [5.74, 6) is 2.96. The van der Waals surface area contributed by atoms with Gasteiger partial charge in [-0.2, -0.15) is 0 Å². The van der Waals surface area contributed by atoms with Crippen LogP contribution in [0.1, 0.15) is 64.5 Å². The van der Waals surface area contributed by atoms with E-state index < -0.39 is 0 Å². The van der Waals surface area contributed by atoms with Crippen LogP contribution in [0.2, 0.25) is 0 Å². The summed E-state index contributed by atoms with van der Waals surface area (Å²) in [6.07, 6.45) is 4.18. The predicted octanol–water partition coefficient (Wildman–Crippen LogP) is 4.45. The maximum absolute atomic E-state index is 5.77. The second kappa shape index (κ2) is 4.12. The summed E-state index contributed by atoms with van der Waals surface area (Å²) in [5.41, 5.74) is 0.882. The lowest BCUT2D eigenvalue weighted by Gasteiger charge is -2.44. The third kappa shape index (κ3) is 1.96. The van der Waals surface area contributed by atoms with E-state index in [9.17, 15) is 0 Å². The summed E-state index contributed by atoms with van der Waals surface area (Å²) in [5, 5.41) is 3.88. The van der Waals surface area contributed by atoms with Gasteiger partial charge in [-0.05, 0) is 62.0 Å². The van der Waals surface area contributed by atoms with Crippen LogP contribution >= 0.6 is 0 Å². The monoisotopic (exact) mass is 261 g/mol. The Labute approximate surface area is 117 Å². The van der Waals surface area contributed by atoms with Gasteiger partial charge in [-0.1, -0.05) is 20.8 Å². The molecular weight excluding hydrogens is 234 g/mol. The molecule has 4 atom stereocenters. The van der Waals surface area contributed by atoms with Crippen molar-refractivity contribution >= 4 is 0 Å². The number of furan rings is 1. The van der Waals surface area contributed by atoms with Crippen molar-refractivity contribution in [3.8, 4) is 0 Å². The lowest BCUT2D eigenvalue weighted by atomic mass is 9.68. The van der Waals surface area contributed by atoms with E-state index in [1.54, 1.807) is 0 Å². The average molecular weight is 261 g/mol. The topological polar surface area (TPSA) is 25.2 Å². The normalized spacial score (nSPS) is 37.7. The second-order valence-corrected chi connectivity index (χ2v) is 7.68. The van der Waals surface area contributed by atoms with Crippen LogP contribution in [-0.2, 0) is 0 Å². The third-order valence-corrected chi connectivity index (χ3v) is 5.87. The third-order valence-electron chi connectivity index (χ3n) is 5.87. The molecule has 0 saturated heterocycles. The van der Waals surface area contributed by atoms with Crippen molar-refractivity contribution in [1.82, 2.24) is 5.32 Å². The summed E-state index contributed by atoms with van der Waals surface area (Å²) in [4.78, 5) is 0. The molecule has 2 bridgehead atoms. The molecule has 1 aromatic rings. The van der Waals surface area contributed by atoms with Crippen molar-refractivity contribution < 1.29 is 4.42 Å². The van der Waals surface area contributed by atoms with Crippen molar-refractivity contribution in [3.63, 3.8) is 0 Å². The minimum atomic E-state index is 0.300. The minimum Gasteiger partial charge on any atom is -0.465 e. The van der Waals surface area contributed by atoms with E-state index in [1.807, 2.05) is 6.92 Å². The Morgan fingerprint density at radius 1 is 1.32 bits per heavy atom. The number of nitrogens with one attached hydrogen (secondary N) is 1. The molecule has 1 N–H and O–H groups in total. The largest absolute Gasteiger partial charge is 0.465 e. The SMILES string of the molecule is Cc1ccc(C(C)NC2C3(C)CCC(C3)C2(C)C)o1. The van der Waals surface area contributed by atoms with Gasteiger partial charge in [0, 0.05) is 6.04 Å². The molecule has 0 amide bonds. The van der Waals surface area contributed by atoms with Crippen LogP contribution in [0.25, 0.3) is 0 Å². The molecule has 1 aromatic heterocycles. The Morgan fingerprint density at radius 3 is 2.58 bits per heavy atom. The fraction of sp³-hybridized carbons (Fsp3) is 0.765. The molecule has 2 heteroatoms. The zero-order valence-corrected chi connectivity index (χ0v) is 12.9. The van der Waals surface area contributed by atoms with Crippen LogP contribution in [0.4, 0.5) is 0 Å². The summed E-state index contributed by atoms with van der Waals surface area (Å²) < 4.78 is 5.77. The molecule has 2 saturated carbocycles. The molecule has 106 valence electrons. The lowest BCUT2D eigenvalue weighted by molar-refractivity contribution is 0.0974. The second-order valence-electron chi connectivity index (χ2n) is 7.68. The van der Waals surface area contributed by atoms with E-state index in [0.717, 1.165) is 17.4 Å². The highest BCUT2D eigenvalue weighted by molar-refractivity contribution is 5.15. The van der Waals surface area contributed by atoms with Gasteiger partial charge in [0.05, 0.1) is 6.04 Å². The van der Waals surface area contributed by atoms with Crippen molar-refractivity contribution in [2.45, 2.75) is 66.0 Å². The number of aryl methyl sites for hydroxylation is 1. The smallest absolute Gasteiger partial charge is 0.120 e. The fourth-order valence-corrected chi connectivity index (χ4v) is 4.74. The molecule has 0 spiro atoms. The zero-order valence-electron chi connectivity index (χ0n) is 12.9. The Hall–Kier alpha value is -0.760. The van der Waals surface area contributed by atoms with Crippen LogP contribution < -0.4 is 5.32 Å². The predicted molar refractivity (Wildman–Crippen MR) is 78.0 cm³/mol. The average Bonchev–Trinajstić information content (AvgIpc) is 2.96. The number of hydrogen-bond acceptors (Lipinski definition) is 2. The first kappa shape index (κ1) is 13.2. The van der Waals surface area contributed by atoms with E-state index in [1.165, 1.54) is 19.3 Å². The van der Waals surface area contributed by atoms with Gasteiger partial charge in [-0.3, -0.25) is 0 Å². The molecule has 19 heavy (non-hydrogen) atoms. The van der Waals surface area contributed by atoms with E-state index in [-0.39, 0.29) is 0 Å². The molecular formula is C17H27NO. The van der Waals surface area contributed by atoms with Gasteiger partial charge in [-0.25, -0.2) is 0 Å². The van der Waals surface area contributed by atoms with Gasteiger partial charge in [0.15, 0.2) is 0 Å². The van der Waals surface area contributed by atoms with E-state index in [0.29, 0.717) is 22.9 Å². The summed E-state index contributed by atoms with van der Waals surface area (Å²) >= 11 is 0. The van der Waals surface area contributed by atoms with Crippen molar-refractivity contribution in [2.24, 2.45) is 16.7 Å². The van der Waals surface area contributed by atoms with E-state index in [2.05, 4.69) is 45.1 Å². The number of rotatable bonds is 3. The molecule has 0 aromatic carbocycles. The summed E-state index contributed by atoms with van der Waals surface area (Å²) in [6, 6.07) is 5.06. The van der Waals surface area contributed by atoms with Crippen molar-refractivity contribution in [3.05, 3.63) is 23.7 Å². The van der Waals surface area contributed by atoms with Crippen LogP contribution in [0.15, 0.2) is 16.5 Å². The molecule has 1 heterocycles. The Balaban J connectivity index is 1.79. The molecule has 2 nitrogen and oxygen atoms in total.